The molecule has 0 radical (unpaired) electrons. The van der Waals surface area contributed by atoms with Gasteiger partial charge in [0.2, 0.25) is 0 Å². The first-order valence-corrected chi connectivity index (χ1v) is 5.08. The van der Waals surface area contributed by atoms with Crippen molar-refractivity contribution < 1.29 is 0 Å². The Kier molecular flexibility index (Phi) is 1.50. The SMILES string of the molecule is CC([C@H]1[C@@H]2CNC[C@@H]21)n1cccn1. The van der Waals surface area contributed by atoms with Gasteiger partial charge in [-0.3, -0.25) is 4.68 Å². The van der Waals surface area contributed by atoms with Gasteiger partial charge in [0.05, 0.1) is 6.04 Å². The molecule has 3 heteroatoms. The van der Waals surface area contributed by atoms with Crippen molar-refractivity contribution in [3.63, 3.8) is 0 Å². The Hall–Kier alpha value is -0.830. The van der Waals surface area contributed by atoms with Crippen LogP contribution in [0.2, 0.25) is 0 Å². The van der Waals surface area contributed by atoms with Gasteiger partial charge in [-0.05, 0) is 43.8 Å². The van der Waals surface area contributed by atoms with Gasteiger partial charge in [0, 0.05) is 12.4 Å². The predicted molar refractivity (Wildman–Crippen MR) is 50.3 cm³/mol. The topological polar surface area (TPSA) is 29.9 Å². The van der Waals surface area contributed by atoms with Crippen molar-refractivity contribution in [2.24, 2.45) is 17.8 Å². The van der Waals surface area contributed by atoms with Crippen molar-refractivity contribution in [2.75, 3.05) is 13.1 Å². The first kappa shape index (κ1) is 7.56. The zero-order valence-corrected chi connectivity index (χ0v) is 7.85. The number of aromatic nitrogens is 2. The average molecular weight is 177 g/mol. The molecule has 70 valence electrons. The van der Waals surface area contributed by atoms with Crippen molar-refractivity contribution in [3.05, 3.63) is 18.5 Å². The highest BCUT2D eigenvalue weighted by atomic mass is 15.3. The lowest BCUT2D eigenvalue weighted by Crippen LogP contribution is -2.19. The summed E-state index contributed by atoms with van der Waals surface area (Å²) in [6, 6.07) is 2.60. The van der Waals surface area contributed by atoms with Crippen LogP contribution in [-0.2, 0) is 0 Å². The fraction of sp³-hybridized carbons (Fsp3) is 0.700. The normalized spacial score (nSPS) is 38.7. The van der Waals surface area contributed by atoms with Crippen molar-refractivity contribution >= 4 is 0 Å². The van der Waals surface area contributed by atoms with E-state index in [0.29, 0.717) is 6.04 Å². The minimum absolute atomic E-state index is 0.590. The summed E-state index contributed by atoms with van der Waals surface area (Å²) in [5, 5.41) is 7.72. The van der Waals surface area contributed by atoms with Gasteiger partial charge in [-0.1, -0.05) is 0 Å². The molecule has 3 rings (SSSR count). The first-order chi connectivity index (χ1) is 6.38. The molecule has 0 aromatic carbocycles. The molecule has 1 aliphatic heterocycles. The van der Waals surface area contributed by atoms with E-state index in [0.717, 1.165) is 17.8 Å². The Balaban J connectivity index is 1.74. The zero-order chi connectivity index (χ0) is 8.84. The van der Waals surface area contributed by atoms with Crippen LogP contribution in [-0.4, -0.2) is 22.9 Å². The van der Waals surface area contributed by atoms with Gasteiger partial charge in [0.1, 0.15) is 0 Å². The van der Waals surface area contributed by atoms with Crippen LogP contribution in [0.5, 0.6) is 0 Å². The van der Waals surface area contributed by atoms with Crippen LogP contribution >= 0.6 is 0 Å². The Morgan fingerprint density at radius 3 is 2.85 bits per heavy atom. The summed E-state index contributed by atoms with van der Waals surface area (Å²) in [7, 11) is 0. The molecule has 1 N–H and O–H groups in total. The van der Waals surface area contributed by atoms with E-state index in [4.69, 9.17) is 0 Å². The number of hydrogen-bond donors (Lipinski definition) is 1. The van der Waals surface area contributed by atoms with Crippen molar-refractivity contribution in [2.45, 2.75) is 13.0 Å². The maximum absolute atomic E-state index is 4.30. The molecule has 1 saturated heterocycles. The van der Waals surface area contributed by atoms with E-state index < -0.39 is 0 Å². The third-order valence-electron chi connectivity index (χ3n) is 3.66. The summed E-state index contributed by atoms with van der Waals surface area (Å²) in [4.78, 5) is 0. The Bertz CT molecular complexity index is 283. The lowest BCUT2D eigenvalue weighted by molar-refractivity contribution is 0.388. The lowest BCUT2D eigenvalue weighted by atomic mass is 10.1. The van der Waals surface area contributed by atoms with Crippen molar-refractivity contribution in [3.8, 4) is 0 Å². The number of hydrogen-bond acceptors (Lipinski definition) is 2. The summed E-state index contributed by atoms with van der Waals surface area (Å²) in [5.41, 5.74) is 0. The van der Waals surface area contributed by atoms with Crippen LogP contribution in [0.15, 0.2) is 18.5 Å². The predicted octanol–water partition coefficient (Wildman–Crippen LogP) is 0.909. The van der Waals surface area contributed by atoms with Gasteiger partial charge in [-0.2, -0.15) is 5.10 Å². The second-order valence-corrected chi connectivity index (χ2v) is 4.29. The average Bonchev–Trinajstić information content (AvgIpc) is 2.68. The van der Waals surface area contributed by atoms with E-state index in [9.17, 15) is 0 Å². The second kappa shape index (κ2) is 2.58. The molecular formula is C10H15N3. The summed E-state index contributed by atoms with van der Waals surface area (Å²) >= 11 is 0. The standard InChI is InChI=1S/C10H15N3/c1-7(13-4-2-3-12-13)10-8-5-11-6-9(8)10/h2-4,7-11H,5-6H2,1H3/t7?,8-,9+,10+. The van der Waals surface area contributed by atoms with Crippen LogP contribution in [0, 0.1) is 17.8 Å². The van der Waals surface area contributed by atoms with E-state index in [2.05, 4.69) is 28.2 Å². The summed E-state index contributed by atoms with van der Waals surface area (Å²) in [5.74, 6) is 2.74. The largest absolute Gasteiger partial charge is 0.316 e. The van der Waals surface area contributed by atoms with Gasteiger partial charge < -0.3 is 5.32 Å². The van der Waals surface area contributed by atoms with Gasteiger partial charge in [0.25, 0.3) is 0 Å². The summed E-state index contributed by atoms with van der Waals surface area (Å²) in [6.07, 6.45) is 3.94. The van der Waals surface area contributed by atoms with Gasteiger partial charge >= 0.3 is 0 Å². The van der Waals surface area contributed by atoms with Gasteiger partial charge in [-0.25, -0.2) is 0 Å². The molecule has 2 fully saturated rings. The molecule has 1 aromatic rings. The molecule has 0 spiro atoms. The quantitative estimate of drug-likeness (QED) is 0.727. The third kappa shape index (κ3) is 1.03. The molecular weight excluding hydrogens is 162 g/mol. The van der Waals surface area contributed by atoms with Crippen LogP contribution in [0.4, 0.5) is 0 Å². The van der Waals surface area contributed by atoms with Crippen LogP contribution < -0.4 is 5.32 Å². The van der Waals surface area contributed by atoms with Crippen LogP contribution in [0.1, 0.15) is 13.0 Å². The molecule has 2 aliphatic rings. The summed E-state index contributed by atoms with van der Waals surface area (Å²) < 4.78 is 2.10. The van der Waals surface area contributed by atoms with Crippen molar-refractivity contribution in [1.29, 1.82) is 0 Å². The highest BCUT2D eigenvalue weighted by Crippen LogP contribution is 2.54. The zero-order valence-electron chi connectivity index (χ0n) is 7.85. The smallest absolute Gasteiger partial charge is 0.0525 e. The fourth-order valence-electron chi connectivity index (χ4n) is 2.88. The number of fused-ring (bicyclic) bond motifs is 1. The number of nitrogens with one attached hydrogen (secondary N) is 1. The monoisotopic (exact) mass is 177 g/mol. The fourth-order valence-corrected chi connectivity index (χ4v) is 2.88. The Labute approximate surface area is 78.1 Å². The highest BCUT2D eigenvalue weighted by Gasteiger charge is 2.55. The molecule has 1 saturated carbocycles. The van der Waals surface area contributed by atoms with Gasteiger partial charge in [0.15, 0.2) is 0 Å². The van der Waals surface area contributed by atoms with Crippen molar-refractivity contribution in [1.82, 2.24) is 15.1 Å². The third-order valence-corrected chi connectivity index (χ3v) is 3.66. The van der Waals surface area contributed by atoms with E-state index >= 15 is 0 Å². The second-order valence-electron chi connectivity index (χ2n) is 4.29. The van der Waals surface area contributed by atoms with Crippen LogP contribution in [0.3, 0.4) is 0 Å². The molecule has 1 aliphatic carbocycles. The maximum atomic E-state index is 4.30. The van der Waals surface area contributed by atoms with E-state index in [1.807, 2.05) is 12.3 Å². The van der Waals surface area contributed by atoms with Gasteiger partial charge in [-0.15, -0.1) is 0 Å². The van der Waals surface area contributed by atoms with E-state index in [1.54, 1.807) is 0 Å². The van der Waals surface area contributed by atoms with E-state index in [-0.39, 0.29) is 0 Å². The molecule has 0 bridgehead atoms. The minimum Gasteiger partial charge on any atom is -0.316 e. The highest BCUT2D eigenvalue weighted by molar-refractivity contribution is 5.07. The van der Waals surface area contributed by atoms with Crippen LogP contribution in [0.25, 0.3) is 0 Å². The van der Waals surface area contributed by atoms with E-state index in [1.165, 1.54) is 13.1 Å². The molecule has 4 atom stereocenters. The minimum atomic E-state index is 0.590. The Morgan fingerprint density at radius 1 is 1.46 bits per heavy atom. The molecule has 2 heterocycles. The molecule has 3 nitrogen and oxygen atoms in total. The maximum Gasteiger partial charge on any atom is 0.0525 e. The first-order valence-electron chi connectivity index (χ1n) is 5.08. The number of piperidine rings is 1. The molecule has 0 amide bonds. The number of rotatable bonds is 2. The number of nitrogens with zero attached hydrogens (tertiary/aromatic N) is 2. The Morgan fingerprint density at radius 2 is 2.23 bits per heavy atom. The molecule has 1 unspecified atom stereocenters. The lowest BCUT2D eigenvalue weighted by Gasteiger charge is -2.14. The molecule has 13 heavy (non-hydrogen) atoms. The summed E-state index contributed by atoms with van der Waals surface area (Å²) in [6.45, 7) is 4.73. The molecule has 1 aromatic heterocycles.